The number of nitrogens with zero attached hydrogens (tertiary/aromatic N) is 1. The zero-order chi connectivity index (χ0) is 47.3. The molecule has 25 heteroatoms. The molecule has 2 fully saturated rings. The first-order chi connectivity index (χ1) is 29.4. The first-order valence-electron chi connectivity index (χ1n) is 19.9. The monoisotopic (exact) mass is 912 g/mol. The average Bonchev–Trinajstić information content (AvgIpc) is 3.75. The summed E-state index contributed by atoms with van der Waals surface area (Å²) in [5.74, 6) is -9.12. The topological polar surface area (TPSA) is 386 Å². The molecule has 3 heterocycles. The van der Waals surface area contributed by atoms with Crippen molar-refractivity contribution in [3.8, 4) is 0 Å². The molecule has 0 aliphatic carbocycles. The van der Waals surface area contributed by atoms with Crippen LogP contribution in [0.3, 0.4) is 0 Å². The second kappa shape index (κ2) is 20.5. The number of fused-ring (bicyclic) bond motifs is 2. The molecule has 0 unspecified atom stereocenters. The normalized spacial score (nSPS) is 28.3. The van der Waals surface area contributed by atoms with E-state index in [9.17, 15) is 77.7 Å². The van der Waals surface area contributed by atoms with Gasteiger partial charge in [0.15, 0.2) is 9.84 Å². The van der Waals surface area contributed by atoms with E-state index in [0.29, 0.717) is 15.8 Å². The minimum absolute atomic E-state index is 0.00186. The molecule has 350 valence electrons. The Bertz CT molecular complexity index is 2160. The Labute approximate surface area is 361 Å². The Kier molecular flexibility index (Phi) is 16.4. The highest BCUT2D eigenvalue weighted by molar-refractivity contribution is 7.90. The molecule has 24 nitrogen and oxygen atoms in total. The molecule has 63 heavy (non-hydrogen) atoms. The molecule has 4 rings (SSSR count). The third-order valence-electron chi connectivity index (χ3n) is 10.8. The van der Waals surface area contributed by atoms with E-state index in [4.69, 9.17) is 0 Å². The fraction of sp³-hybridized carbons (Fsp3) is 0.605. The van der Waals surface area contributed by atoms with Gasteiger partial charge in [0.1, 0.15) is 59.0 Å². The van der Waals surface area contributed by atoms with Gasteiger partial charge in [-0.15, -0.1) is 0 Å². The molecule has 2 aliphatic heterocycles. The maximum Gasteiger partial charge on any atom is 0.248 e. The lowest BCUT2D eigenvalue weighted by Gasteiger charge is -2.32. The van der Waals surface area contributed by atoms with Crippen LogP contribution in [0, 0.1) is 5.92 Å². The van der Waals surface area contributed by atoms with E-state index in [-0.39, 0.29) is 10.6 Å². The van der Waals surface area contributed by atoms with E-state index in [1.165, 1.54) is 19.9 Å². The van der Waals surface area contributed by atoms with Gasteiger partial charge in [-0.05, 0) is 31.4 Å². The van der Waals surface area contributed by atoms with Crippen molar-refractivity contribution in [1.29, 1.82) is 0 Å². The van der Waals surface area contributed by atoms with Gasteiger partial charge in [-0.3, -0.25) is 33.6 Å². The standard InChI is InChI=1S/C38H56N8O16S/c1-16(2)26-33(56)45-27(18(4)50)34(57)42-24(13-47)37(59)46-12-25(51)29(52)28(46)35(58)39-17(3)30(53)40-22(31(54)41-23(32(55)44-26)11-38(60,14-48)15-49)10-20-19-8-6-7-9-21(19)43-36(20)63(5,61)62/h6-9,16-18,22-29,43,47-52,60H,10-15H2,1-5H3,(H,39,58)(H,40,53)(H,41,54)(H,42,57)(H,44,55)(H,45,56)/t17-,18-,22-,23-,24+,25+,26-,27+,28-,29-/m0/s1. The molecule has 14 N–H and O–H groups in total. The van der Waals surface area contributed by atoms with Crippen molar-refractivity contribution in [2.75, 3.05) is 32.6 Å². The van der Waals surface area contributed by atoms with Crippen LogP contribution in [0.25, 0.3) is 10.9 Å². The number of nitrogens with one attached hydrogen (secondary N) is 7. The molecular weight excluding hydrogens is 857 g/mol. The summed E-state index contributed by atoms with van der Waals surface area (Å²) in [6.45, 7) is 1.05. The number of H-pyrrole nitrogens is 1. The first-order valence-corrected chi connectivity index (χ1v) is 21.8. The van der Waals surface area contributed by atoms with Crippen molar-refractivity contribution in [2.24, 2.45) is 5.92 Å². The van der Waals surface area contributed by atoms with Crippen LogP contribution in [0.2, 0.25) is 0 Å². The first kappa shape index (κ1) is 50.4. The number of aromatic amines is 1. The molecule has 1 aromatic carbocycles. The molecular formula is C38H56N8O16S. The number of carbonyl (C=O) groups is 7. The molecule has 2 aromatic rings. The zero-order valence-electron chi connectivity index (χ0n) is 35.1. The number of aliphatic hydroxyl groups is 7. The quantitative estimate of drug-likeness (QED) is 0.105. The summed E-state index contributed by atoms with van der Waals surface area (Å²) in [7, 11) is -4.06. The van der Waals surface area contributed by atoms with Gasteiger partial charge in [0.25, 0.3) is 0 Å². The fourth-order valence-corrected chi connectivity index (χ4v) is 8.17. The highest BCUT2D eigenvalue weighted by Gasteiger charge is 2.49. The number of para-hydroxylation sites is 1. The summed E-state index contributed by atoms with van der Waals surface area (Å²) >= 11 is 0. The molecule has 2 saturated heterocycles. The number of rotatable bonds is 10. The van der Waals surface area contributed by atoms with Crippen LogP contribution in [0.4, 0.5) is 0 Å². The van der Waals surface area contributed by atoms with Crippen molar-refractivity contribution in [3.05, 3.63) is 29.8 Å². The number of benzene rings is 1. The third-order valence-corrected chi connectivity index (χ3v) is 11.9. The van der Waals surface area contributed by atoms with Crippen molar-refractivity contribution >= 4 is 62.1 Å². The minimum Gasteiger partial charge on any atom is -0.394 e. The number of hydrogen-bond donors (Lipinski definition) is 14. The maximum absolute atomic E-state index is 14.4. The predicted molar refractivity (Wildman–Crippen MR) is 217 cm³/mol. The molecule has 0 radical (unpaired) electrons. The van der Waals surface area contributed by atoms with Crippen LogP contribution in [-0.4, -0.2) is 194 Å². The Morgan fingerprint density at radius 2 is 1.32 bits per heavy atom. The lowest BCUT2D eigenvalue weighted by atomic mass is 9.94. The van der Waals surface area contributed by atoms with Crippen LogP contribution in [0.15, 0.2) is 29.3 Å². The van der Waals surface area contributed by atoms with Crippen molar-refractivity contribution < 1.29 is 77.7 Å². The van der Waals surface area contributed by atoms with Crippen molar-refractivity contribution in [1.82, 2.24) is 41.8 Å². The van der Waals surface area contributed by atoms with Gasteiger partial charge < -0.3 is 77.5 Å². The summed E-state index contributed by atoms with van der Waals surface area (Å²) in [5.41, 5.74) is -2.12. The van der Waals surface area contributed by atoms with Gasteiger partial charge in [-0.25, -0.2) is 8.42 Å². The van der Waals surface area contributed by atoms with Gasteiger partial charge in [-0.1, -0.05) is 32.0 Å². The summed E-state index contributed by atoms with van der Waals surface area (Å²) in [5, 5.41) is 86.8. The van der Waals surface area contributed by atoms with E-state index in [2.05, 4.69) is 36.9 Å². The lowest BCUT2D eigenvalue weighted by Crippen LogP contribution is -2.63. The van der Waals surface area contributed by atoms with Gasteiger partial charge in [0.2, 0.25) is 41.4 Å². The van der Waals surface area contributed by atoms with E-state index in [0.717, 1.165) is 20.1 Å². The van der Waals surface area contributed by atoms with E-state index in [1.807, 2.05) is 0 Å². The number of hydrogen-bond acceptors (Lipinski definition) is 16. The van der Waals surface area contributed by atoms with Crippen LogP contribution in [-0.2, 0) is 49.8 Å². The van der Waals surface area contributed by atoms with Gasteiger partial charge in [0, 0.05) is 30.0 Å². The summed E-state index contributed by atoms with van der Waals surface area (Å²) in [6, 6.07) is -6.42. The molecule has 1 aromatic heterocycles. The molecule has 2 aliphatic rings. The van der Waals surface area contributed by atoms with Gasteiger partial charge in [0.05, 0.1) is 38.6 Å². The van der Waals surface area contributed by atoms with E-state index >= 15 is 0 Å². The second-order valence-corrected chi connectivity index (χ2v) is 18.2. The summed E-state index contributed by atoms with van der Waals surface area (Å²) in [6.07, 6.45) is -6.03. The van der Waals surface area contributed by atoms with Crippen molar-refractivity contribution in [3.63, 3.8) is 0 Å². The highest BCUT2D eigenvalue weighted by Crippen LogP contribution is 2.28. The highest BCUT2D eigenvalue weighted by atomic mass is 32.2. The molecule has 0 bridgehead atoms. The molecule has 7 amide bonds. The van der Waals surface area contributed by atoms with Crippen LogP contribution in [0.5, 0.6) is 0 Å². The fourth-order valence-electron chi connectivity index (χ4n) is 7.24. The smallest absolute Gasteiger partial charge is 0.248 e. The van der Waals surface area contributed by atoms with Gasteiger partial charge >= 0.3 is 0 Å². The average molecular weight is 913 g/mol. The Morgan fingerprint density at radius 1 is 0.762 bits per heavy atom. The second-order valence-electron chi connectivity index (χ2n) is 16.2. The van der Waals surface area contributed by atoms with Crippen LogP contribution >= 0.6 is 0 Å². The largest absolute Gasteiger partial charge is 0.394 e. The number of aliphatic hydroxyl groups excluding tert-OH is 6. The van der Waals surface area contributed by atoms with Crippen molar-refractivity contribution in [2.45, 2.75) is 112 Å². The third kappa shape index (κ3) is 11.7. The van der Waals surface area contributed by atoms with Gasteiger partial charge in [-0.2, -0.15) is 0 Å². The Morgan fingerprint density at radius 3 is 1.89 bits per heavy atom. The number of amides is 7. The molecule has 10 atom stereocenters. The molecule has 0 spiro atoms. The maximum atomic E-state index is 14.4. The summed E-state index contributed by atoms with van der Waals surface area (Å²) in [4.78, 5) is 101. The van der Waals surface area contributed by atoms with E-state index in [1.54, 1.807) is 18.2 Å². The lowest BCUT2D eigenvalue weighted by molar-refractivity contribution is -0.145. The Balaban J connectivity index is 1.88. The SMILES string of the molecule is CC(C)[C@@H]1NC(=O)[C@H](CC(O)(CO)CO)NC(=O)[C@H](Cc2c(S(C)(=O)=O)[nH]c3ccccc23)NC(=O)[C@H](C)NC(=O)[C@@H]2[C@@H](O)[C@H](O)CN2C(=O)[C@@H](CO)NC(=O)[C@@H]([C@H](C)O)NC1=O. The predicted octanol–water partition coefficient (Wildman–Crippen LogP) is -6.88. The van der Waals surface area contributed by atoms with Crippen LogP contribution in [0.1, 0.15) is 39.7 Å². The Hall–Kier alpha value is -5.28. The number of aromatic nitrogens is 1. The summed E-state index contributed by atoms with van der Waals surface area (Å²) < 4.78 is 26.0. The van der Waals surface area contributed by atoms with Crippen LogP contribution < -0.4 is 31.9 Å². The number of carbonyl (C=O) groups excluding carboxylic acids is 7. The zero-order valence-corrected chi connectivity index (χ0v) is 35.9. The van der Waals surface area contributed by atoms with E-state index < -0.39 is 163 Å². The number of sulfone groups is 1. The molecule has 0 saturated carbocycles. The minimum atomic E-state index is -4.06.